The van der Waals surface area contributed by atoms with E-state index in [4.69, 9.17) is 4.52 Å². The standard InChI is InChI=1S/C20H23N7O2/c1-13-17(14(2)29-24-13)6-20(28)26-10-15-8-25(9-16(15)11-26)18-7-19(22-12-21-18)27-5-3-4-23-27/h3-5,7,12,15-16H,6,8-11H2,1-2H3. The van der Waals surface area contributed by atoms with Crippen LogP contribution in [0.2, 0.25) is 0 Å². The molecule has 0 saturated carbocycles. The van der Waals surface area contributed by atoms with Crippen molar-refractivity contribution in [3.05, 3.63) is 47.9 Å². The first kappa shape index (κ1) is 17.8. The first-order valence-electron chi connectivity index (χ1n) is 9.85. The van der Waals surface area contributed by atoms with Gasteiger partial charge in [-0.2, -0.15) is 5.10 Å². The summed E-state index contributed by atoms with van der Waals surface area (Å²) >= 11 is 0. The molecule has 9 heteroatoms. The SMILES string of the molecule is Cc1noc(C)c1CC(=O)N1CC2CN(c3cc(-n4cccn4)ncn3)CC2C1. The second-order valence-electron chi connectivity index (χ2n) is 7.89. The van der Waals surface area contributed by atoms with Gasteiger partial charge in [-0.05, 0) is 19.9 Å². The number of aromatic nitrogens is 5. The lowest BCUT2D eigenvalue weighted by atomic mass is 10.0. The molecular formula is C20H23N7O2. The molecule has 2 aliphatic heterocycles. The molecule has 9 nitrogen and oxygen atoms in total. The molecule has 5 heterocycles. The van der Waals surface area contributed by atoms with Gasteiger partial charge in [0.15, 0.2) is 5.82 Å². The molecule has 3 aromatic rings. The normalized spacial score (nSPS) is 21.0. The van der Waals surface area contributed by atoms with Crippen LogP contribution in [0.25, 0.3) is 5.82 Å². The summed E-state index contributed by atoms with van der Waals surface area (Å²) in [6.45, 7) is 7.12. The highest BCUT2D eigenvalue weighted by atomic mass is 16.5. The maximum absolute atomic E-state index is 12.8. The van der Waals surface area contributed by atoms with Crippen molar-refractivity contribution in [2.45, 2.75) is 20.3 Å². The minimum Gasteiger partial charge on any atom is -0.361 e. The summed E-state index contributed by atoms with van der Waals surface area (Å²) in [6.07, 6.45) is 5.55. The van der Waals surface area contributed by atoms with Gasteiger partial charge in [0, 0.05) is 62.0 Å². The number of hydrogen-bond acceptors (Lipinski definition) is 7. The Morgan fingerprint density at radius 2 is 1.90 bits per heavy atom. The molecule has 0 N–H and O–H groups in total. The molecule has 29 heavy (non-hydrogen) atoms. The number of amides is 1. The Bertz CT molecular complexity index is 996. The summed E-state index contributed by atoms with van der Waals surface area (Å²) in [5.74, 6) is 3.49. The number of rotatable bonds is 4. The second kappa shape index (κ2) is 6.98. The van der Waals surface area contributed by atoms with Crippen LogP contribution in [0.3, 0.4) is 0 Å². The number of carbonyl (C=O) groups excluding carboxylic acids is 1. The van der Waals surface area contributed by atoms with E-state index in [2.05, 4.69) is 25.1 Å². The average Bonchev–Trinajstić information content (AvgIpc) is 3.49. The van der Waals surface area contributed by atoms with Gasteiger partial charge in [0.2, 0.25) is 5.91 Å². The largest absolute Gasteiger partial charge is 0.361 e. The van der Waals surface area contributed by atoms with Crippen LogP contribution in [0.4, 0.5) is 5.82 Å². The number of aryl methyl sites for hydroxylation is 2. The fourth-order valence-electron chi connectivity index (χ4n) is 4.44. The van der Waals surface area contributed by atoms with Crippen molar-refractivity contribution in [3.8, 4) is 5.82 Å². The van der Waals surface area contributed by atoms with Gasteiger partial charge in [-0.25, -0.2) is 14.6 Å². The molecular weight excluding hydrogens is 370 g/mol. The average molecular weight is 393 g/mol. The van der Waals surface area contributed by atoms with Crippen LogP contribution in [-0.2, 0) is 11.2 Å². The van der Waals surface area contributed by atoms with Gasteiger partial charge in [-0.3, -0.25) is 4.79 Å². The van der Waals surface area contributed by atoms with Gasteiger partial charge >= 0.3 is 0 Å². The molecule has 2 aliphatic rings. The van der Waals surface area contributed by atoms with E-state index in [1.165, 1.54) is 0 Å². The van der Waals surface area contributed by atoms with Crippen LogP contribution >= 0.6 is 0 Å². The van der Waals surface area contributed by atoms with Crippen molar-refractivity contribution >= 4 is 11.7 Å². The van der Waals surface area contributed by atoms with Crippen molar-refractivity contribution in [3.63, 3.8) is 0 Å². The summed E-state index contributed by atoms with van der Waals surface area (Å²) in [7, 11) is 0. The fraction of sp³-hybridized carbons (Fsp3) is 0.450. The van der Waals surface area contributed by atoms with Crippen molar-refractivity contribution < 1.29 is 9.32 Å². The van der Waals surface area contributed by atoms with Crippen LogP contribution in [0.1, 0.15) is 17.0 Å². The molecule has 150 valence electrons. The molecule has 2 atom stereocenters. The zero-order valence-corrected chi connectivity index (χ0v) is 16.5. The summed E-state index contributed by atoms with van der Waals surface area (Å²) < 4.78 is 6.92. The Kier molecular flexibility index (Phi) is 4.30. The van der Waals surface area contributed by atoms with Crippen LogP contribution < -0.4 is 4.90 Å². The third kappa shape index (κ3) is 3.26. The van der Waals surface area contributed by atoms with E-state index in [1.54, 1.807) is 17.2 Å². The molecule has 0 bridgehead atoms. The molecule has 0 radical (unpaired) electrons. The molecule has 0 aromatic carbocycles. The number of hydrogen-bond donors (Lipinski definition) is 0. The minimum absolute atomic E-state index is 0.156. The summed E-state index contributed by atoms with van der Waals surface area (Å²) in [6, 6.07) is 3.84. The molecule has 3 aromatic heterocycles. The zero-order valence-electron chi connectivity index (χ0n) is 16.5. The van der Waals surface area contributed by atoms with Gasteiger partial charge in [0.25, 0.3) is 0 Å². The third-order valence-corrected chi connectivity index (χ3v) is 6.05. The maximum Gasteiger partial charge on any atom is 0.227 e. The zero-order chi connectivity index (χ0) is 20.0. The van der Waals surface area contributed by atoms with Gasteiger partial charge in [-0.1, -0.05) is 5.16 Å². The Labute approximate surface area is 168 Å². The van der Waals surface area contributed by atoms with Crippen molar-refractivity contribution in [1.29, 1.82) is 0 Å². The first-order valence-corrected chi connectivity index (χ1v) is 9.85. The van der Waals surface area contributed by atoms with Crippen LogP contribution in [0.5, 0.6) is 0 Å². The van der Waals surface area contributed by atoms with Crippen LogP contribution in [-0.4, -0.2) is 61.9 Å². The molecule has 2 saturated heterocycles. The highest BCUT2D eigenvalue weighted by molar-refractivity contribution is 5.79. The summed E-state index contributed by atoms with van der Waals surface area (Å²) in [5.41, 5.74) is 1.72. The van der Waals surface area contributed by atoms with Gasteiger partial charge in [-0.15, -0.1) is 0 Å². The lowest BCUT2D eigenvalue weighted by Gasteiger charge is -2.22. The molecule has 2 unspecified atom stereocenters. The maximum atomic E-state index is 12.8. The van der Waals surface area contributed by atoms with Crippen molar-refractivity contribution in [2.75, 3.05) is 31.1 Å². The van der Waals surface area contributed by atoms with Gasteiger partial charge < -0.3 is 14.3 Å². The lowest BCUT2D eigenvalue weighted by molar-refractivity contribution is -0.129. The predicted octanol–water partition coefficient (Wildman–Crippen LogP) is 1.40. The molecule has 5 rings (SSSR count). The van der Waals surface area contributed by atoms with E-state index in [1.807, 2.05) is 37.1 Å². The van der Waals surface area contributed by atoms with Crippen LogP contribution in [0.15, 0.2) is 35.4 Å². The summed E-state index contributed by atoms with van der Waals surface area (Å²) in [4.78, 5) is 25.8. The Balaban J connectivity index is 1.23. The number of fused-ring (bicyclic) bond motifs is 1. The van der Waals surface area contributed by atoms with Crippen molar-refractivity contribution in [1.82, 2.24) is 29.8 Å². The minimum atomic E-state index is 0.156. The highest BCUT2D eigenvalue weighted by Crippen LogP contribution is 2.34. The number of carbonyl (C=O) groups is 1. The lowest BCUT2D eigenvalue weighted by Crippen LogP contribution is -2.34. The van der Waals surface area contributed by atoms with E-state index in [0.29, 0.717) is 18.3 Å². The van der Waals surface area contributed by atoms with Gasteiger partial charge in [0.05, 0.1) is 12.1 Å². The molecule has 1 amide bonds. The molecule has 0 aliphatic carbocycles. The second-order valence-corrected chi connectivity index (χ2v) is 7.89. The number of nitrogens with zero attached hydrogens (tertiary/aromatic N) is 7. The molecule has 2 fully saturated rings. The Morgan fingerprint density at radius 3 is 2.55 bits per heavy atom. The quantitative estimate of drug-likeness (QED) is 0.661. The number of likely N-dealkylation sites (tertiary alicyclic amines) is 1. The van der Waals surface area contributed by atoms with Crippen molar-refractivity contribution in [2.24, 2.45) is 11.8 Å². The van der Waals surface area contributed by atoms with E-state index in [0.717, 1.165) is 54.8 Å². The van der Waals surface area contributed by atoms with E-state index < -0.39 is 0 Å². The number of anilines is 1. The smallest absolute Gasteiger partial charge is 0.227 e. The monoisotopic (exact) mass is 393 g/mol. The Hall–Kier alpha value is -3.23. The summed E-state index contributed by atoms with van der Waals surface area (Å²) in [5, 5.41) is 8.19. The fourth-order valence-corrected chi connectivity index (χ4v) is 4.44. The highest BCUT2D eigenvalue weighted by Gasteiger charge is 2.42. The van der Waals surface area contributed by atoms with Gasteiger partial charge in [0.1, 0.15) is 17.9 Å². The topological polar surface area (TPSA) is 93.2 Å². The van der Waals surface area contributed by atoms with E-state index in [-0.39, 0.29) is 5.91 Å². The Morgan fingerprint density at radius 1 is 1.14 bits per heavy atom. The van der Waals surface area contributed by atoms with Crippen LogP contribution in [0, 0.1) is 25.7 Å². The predicted molar refractivity (Wildman–Crippen MR) is 105 cm³/mol. The molecule has 0 spiro atoms. The van der Waals surface area contributed by atoms with E-state index in [9.17, 15) is 4.79 Å². The first-order chi connectivity index (χ1) is 14.1. The van der Waals surface area contributed by atoms with E-state index >= 15 is 0 Å². The third-order valence-electron chi connectivity index (χ3n) is 6.05.